The first-order valence-corrected chi connectivity index (χ1v) is 0. The summed E-state index contributed by atoms with van der Waals surface area (Å²) >= 11 is 0. The van der Waals surface area contributed by atoms with E-state index < -0.39 is 0 Å². The molecule has 0 fully saturated rings. The van der Waals surface area contributed by atoms with Crippen molar-refractivity contribution in [1.29, 1.82) is 0 Å². The van der Waals surface area contributed by atoms with Crippen LogP contribution in [0.2, 0.25) is 0 Å². The Labute approximate surface area is 183 Å². The Kier molecular flexibility index (Phi) is 428. The Morgan fingerprint density at radius 3 is 1.00 bits per heavy atom. The molecule has 0 atom stereocenters. The second kappa shape index (κ2) is 52.1. The fraction of sp³-hybridized carbons (Fsp3) is 0. The summed E-state index contributed by atoms with van der Waals surface area (Å²) < 4.78 is 0. The first kappa shape index (κ1) is 65.8. The molecule has 0 saturated heterocycles. The van der Waals surface area contributed by atoms with Gasteiger partial charge in [-0.05, 0) is 0 Å². The molecule has 0 rings (SSSR count). The van der Waals surface area contributed by atoms with Crippen LogP contribution in [0, 0.1) is 0 Å². The molecule has 0 aliphatic heterocycles. The second-order valence-electron chi connectivity index (χ2n) is 0. The molecule has 0 saturated carbocycles. The Morgan fingerprint density at radius 2 is 1.00 bits per heavy atom. The third-order valence-electron chi connectivity index (χ3n) is 0. The maximum atomic E-state index is 0. The molecular weight excluding hydrogens is 391 g/mol. The predicted molar refractivity (Wildman–Crippen MR) is 41.3 cm³/mol. The molecule has 2 radical (unpaired) electrons. The van der Waals surface area contributed by atoms with Gasteiger partial charge in [-0.2, -0.15) is 0 Å². The van der Waals surface area contributed by atoms with Gasteiger partial charge >= 0.3 is 120 Å². The molecule has 0 aliphatic carbocycles. The zero-order valence-corrected chi connectivity index (χ0v) is 4.24. The molecule has 0 spiro atoms. The quantitative estimate of drug-likeness (QED) is 0.361. The smallest absolute Gasteiger partial charge is 0 e. The van der Waals surface area contributed by atoms with E-state index in [1.54, 1.807) is 0 Å². The number of hydrogen-bond donors (Lipinski definition) is 0. The topological polar surface area (TPSA) is 0 Å². The zero-order valence-electron chi connectivity index (χ0n) is 1.03. The maximum Gasteiger partial charge on any atom is 0 e. The van der Waals surface area contributed by atoms with Gasteiger partial charge < -0.3 is 0 Å². The monoisotopic (exact) mass is 400 g/mol. The molecular formula is H9AlBaCoLiMgMnNaNi. The third kappa shape index (κ3) is 40.4. The van der Waals surface area contributed by atoms with Crippen molar-refractivity contribution in [2.24, 2.45) is 0 Å². The van der Waals surface area contributed by atoms with Gasteiger partial charge in [-0.25, -0.2) is 0 Å². The Morgan fingerprint density at radius 1 is 1.00 bits per heavy atom. The summed E-state index contributed by atoms with van der Waals surface area (Å²) in [4.78, 5) is 0. The van der Waals surface area contributed by atoms with Crippen molar-refractivity contribution in [3.63, 3.8) is 0 Å². The molecule has 0 N–H and O–H groups in total. The largest absolute Gasteiger partial charge is 0 e. The van der Waals surface area contributed by atoms with E-state index in [0.717, 1.165) is 0 Å². The van der Waals surface area contributed by atoms with Crippen molar-refractivity contribution in [1.82, 2.24) is 0 Å². The molecule has 0 nitrogen and oxygen atoms in total. The number of rotatable bonds is 0. The van der Waals surface area contributed by atoms with Gasteiger partial charge in [-0.15, -0.1) is 0 Å². The zero-order chi connectivity index (χ0) is 0. The van der Waals surface area contributed by atoms with Crippen LogP contribution in [0.1, 0.15) is 0 Å². The van der Waals surface area contributed by atoms with Crippen LogP contribution in [0.4, 0.5) is 0 Å². The van der Waals surface area contributed by atoms with Gasteiger partial charge in [0.05, 0.1) is 0 Å². The summed E-state index contributed by atoms with van der Waals surface area (Å²) in [6.45, 7) is 0. The minimum atomic E-state index is 0. The van der Waals surface area contributed by atoms with Crippen molar-refractivity contribution >= 4 is 138 Å². The van der Waals surface area contributed by atoms with Gasteiger partial charge in [0, 0.05) is 50.3 Å². The summed E-state index contributed by atoms with van der Waals surface area (Å²) in [5.41, 5.74) is 0. The minimum absolute atomic E-state index is 0. The molecule has 0 unspecified atom stereocenters. The van der Waals surface area contributed by atoms with E-state index in [9.17, 15) is 0 Å². The molecule has 0 aromatic heterocycles. The van der Waals surface area contributed by atoms with Crippen molar-refractivity contribution in [2.75, 3.05) is 0 Å². The molecule has 0 bridgehead atoms. The van der Waals surface area contributed by atoms with Gasteiger partial charge in [-0.1, -0.05) is 0 Å². The maximum absolute atomic E-state index is 0. The average molecular weight is 400 g/mol. The van der Waals surface area contributed by atoms with Crippen molar-refractivity contribution in [3.8, 4) is 0 Å². The summed E-state index contributed by atoms with van der Waals surface area (Å²) in [6, 6.07) is 0. The van der Waals surface area contributed by atoms with Gasteiger partial charge in [0.15, 0.2) is 17.4 Å². The molecule has 0 aromatic carbocycles. The van der Waals surface area contributed by atoms with Crippen molar-refractivity contribution in [3.05, 3.63) is 0 Å². The second-order valence-corrected chi connectivity index (χ2v) is 0. The normalized spacial score (nSPS) is 0. The van der Waals surface area contributed by atoms with E-state index in [2.05, 4.69) is 0 Å². The fourth-order valence-electron chi connectivity index (χ4n) is 0. The first-order chi connectivity index (χ1) is 0. The van der Waals surface area contributed by atoms with E-state index >= 15 is 0 Å². The van der Waals surface area contributed by atoms with E-state index in [0.29, 0.717) is 0 Å². The van der Waals surface area contributed by atoms with Gasteiger partial charge in [0.2, 0.25) is 0 Å². The predicted octanol–water partition coefficient (Wildman–Crippen LogP) is -4.32. The molecule has 8 heavy (non-hydrogen) atoms. The first-order valence-electron chi connectivity index (χ1n) is 0. The van der Waals surface area contributed by atoms with Crippen LogP contribution >= 0.6 is 0 Å². The summed E-state index contributed by atoms with van der Waals surface area (Å²) in [5, 5.41) is 0. The third-order valence-corrected chi connectivity index (χ3v) is 0. The van der Waals surface area contributed by atoms with E-state index in [-0.39, 0.29) is 188 Å². The van der Waals surface area contributed by atoms with Crippen LogP contribution in [0.25, 0.3) is 0 Å². The number of hydrogen-bond acceptors (Lipinski definition) is 0. The van der Waals surface area contributed by atoms with E-state index in [1.807, 2.05) is 0 Å². The average Bonchev–Trinajstić information content (AvgIpc) is 0. The molecule has 0 aliphatic rings. The van der Waals surface area contributed by atoms with Crippen molar-refractivity contribution in [2.45, 2.75) is 0 Å². The SMILES string of the molecule is [AlH3].[BaH2].[Co].[LiH].[MgH2].[Mn].[NaH].[Ni]. The molecule has 44 valence electrons. The Hall–Kier alpha value is 5.99. The molecule has 0 aromatic rings. The standard InChI is InChI=1S/Al.Ba.Co.Li.Mg.Mn.Na.Ni.9H. The van der Waals surface area contributed by atoms with Gasteiger partial charge in [-0.3, -0.25) is 0 Å². The van der Waals surface area contributed by atoms with E-state index in [1.165, 1.54) is 0 Å². The molecule has 8 heteroatoms. The summed E-state index contributed by atoms with van der Waals surface area (Å²) in [6.07, 6.45) is 0. The summed E-state index contributed by atoms with van der Waals surface area (Å²) in [7, 11) is 0. The molecule has 0 heterocycles. The van der Waals surface area contributed by atoms with Gasteiger partial charge in [0.1, 0.15) is 0 Å². The van der Waals surface area contributed by atoms with Crippen LogP contribution in [-0.4, -0.2) is 138 Å². The fourth-order valence-corrected chi connectivity index (χ4v) is 0. The van der Waals surface area contributed by atoms with Crippen LogP contribution in [0.15, 0.2) is 0 Å². The molecule has 0 amide bonds. The van der Waals surface area contributed by atoms with E-state index in [4.69, 9.17) is 0 Å². The van der Waals surface area contributed by atoms with Crippen LogP contribution < -0.4 is 0 Å². The van der Waals surface area contributed by atoms with Gasteiger partial charge in [0.25, 0.3) is 0 Å². The van der Waals surface area contributed by atoms with Crippen LogP contribution in [0.5, 0.6) is 0 Å². The Balaban J connectivity index is 0. The van der Waals surface area contributed by atoms with Crippen molar-refractivity contribution < 1.29 is 50.3 Å². The summed E-state index contributed by atoms with van der Waals surface area (Å²) in [5.74, 6) is 0. The Bertz CT molecular complexity index is 24.0. The minimum Gasteiger partial charge on any atom is 0 e. The van der Waals surface area contributed by atoms with Crippen LogP contribution in [0.3, 0.4) is 0 Å². The van der Waals surface area contributed by atoms with Crippen LogP contribution in [-0.2, 0) is 50.3 Å².